The highest BCUT2D eigenvalue weighted by atomic mass is 16.2. The number of aryl methyl sites for hydroxylation is 2. The molecule has 5 nitrogen and oxygen atoms in total. The number of benzene rings is 1. The molecule has 2 heterocycles. The monoisotopic (exact) mass is 325 g/mol. The lowest BCUT2D eigenvalue weighted by Gasteiger charge is -2.29. The van der Waals surface area contributed by atoms with Crippen molar-refractivity contribution in [2.75, 3.05) is 11.4 Å². The summed E-state index contributed by atoms with van der Waals surface area (Å²) >= 11 is 0. The van der Waals surface area contributed by atoms with E-state index in [-0.39, 0.29) is 11.5 Å². The number of amides is 1. The molecule has 0 saturated heterocycles. The molecule has 1 aromatic carbocycles. The summed E-state index contributed by atoms with van der Waals surface area (Å²) < 4.78 is 1.39. The van der Waals surface area contributed by atoms with Crippen molar-refractivity contribution in [3.05, 3.63) is 57.5 Å². The van der Waals surface area contributed by atoms with Gasteiger partial charge in [-0.1, -0.05) is 31.5 Å². The number of fused-ring (bicyclic) bond motifs is 1. The average Bonchev–Trinajstić information content (AvgIpc) is 2.55. The Morgan fingerprint density at radius 1 is 1.25 bits per heavy atom. The Labute approximate surface area is 141 Å². The molecule has 0 atom stereocenters. The van der Waals surface area contributed by atoms with Crippen LogP contribution >= 0.6 is 0 Å². The minimum absolute atomic E-state index is 0.141. The number of hydrogen-bond donors (Lipinski definition) is 0. The fraction of sp³-hybridized carbons (Fsp3) is 0.421. The summed E-state index contributed by atoms with van der Waals surface area (Å²) in [5.74, 6) is 0.150. The first-order chi connectivity index (χ1) is 11.5. The molecule has 0 radical (unpaired) electrons. The molecule has 0 N–H and O–H groups in total. The van der Waals surface area contributed by atoms with Crippen LogP contribution in [0.5, 0.6) is 0 Å². The van der Waals surface area contributed by atoms with Gasteiger partial charge in [-0.25, -0.2) is 4.68 Å². The lowest BCUT2D eigenvalue weighted by molar-refractivity contribution is 0.0977. The third-order valence-electron chi connectivity index (χ3n) is 4.22. The minimum atomic E-state index is -0.171. The molecule has 0 bridgehead atoms. The summed E-state index contributed by atoms with van der Waals surface area (Å²) in [6.07, 6.45) is 1.93. The number of carbonyl (C=O) groups is 1. The van der Waals surface area contributed by atoms with Gasteiger partial charge in [-0.05, 0) is 43.4 Å². The summed E-state index contributed by atoms with van der Waals surface area (Å²) in [4.78, 5) is 26.6. The van der Waals surface area contributed by atoms with Crippen LogP contribution in [-0.2, 0) is 13.0 Å². The molecule has 3 rings (SSSR count). The van der Waals surface area contributed by atoms with Crippen molar-refractivity contribution < 1.29 is 4.79 Å². The Kier molecular flexibility index (Phi) is 4.51. The maximum Gasteiger partial charge on any atom is 0.278 e. The molecule has 5 heteroatoms. The molecule has 0 fully saturated rings. The van der Waals surface area contributed by atoms with Crippen LogP contribution in [0.1, 0.15) is 41.9 Å². The molecule has 0 saturated carbocycles. The van der Waals surface area contributed by atoms with E-state index in [1.165, 1.54) is 27.9 Å². The highest BCUT2D eigenvalue weighted by Gasteiger charge is 2.25. The van der Waals surface area contributed by atoms with Gasteiger partial charge in [0, 0.05) is 24.8 Å². The van der Waals surface area contributed by atoms with Crippen LogP contribution in [0.25, 0.3) is 0 Å². The summed E-state index contributed by atoms with van der Waals surface area (Å²) in [5.41, 5.74) is 3.51. The van der Waals surface area contributed by atoms with Crippen LogP contribution in [0.15, 0.2) is 35.1 Å². The molecule has 1 amide bonds. The highest BCUT2D eigenvalue weighted by Crippen LogP contribution is 2.28. The van der Waals surface area contributed by atoms with E-state index in [1.54, 1.807) is 4.90 Å². The second-order valence-electron chi connectivity index (χ2n) is 6.83. The lowest BCUT2D eigenvalue weighted by atomic mass is 9.99. The van der Waals surface area contributed by atoms with Gasteiger partial charge in [0.15, 0.2) is 0 Å². The number of anilines is 1. The second-order valence-corrected chi connectivity index (χ2v) is 6.83. The van der Waals surface area contributed by atoms with E-state index in [9.17, 15) is 9.59 Å². The SMILES string of the molecule is Cc1ccc2c(c1)CCCN2C(=O)c1ccc(=O)n(CC(C)C)n1. The van der Waals surface area contributed by atoms with E-state index in [0.717, 1.165) is 18.5 Å². The van der Waals surface area contributed by atoms with Gasteiger partial charge in [0.05, 0.1) is 0 Å². The van der Waals surface area contributed by atoms with Gasteiger partial charge in [-0.15, -0.1) is 0 Å². The summed E-state index contributed by atoms with van der Waals surface area (Å²) in [7, 11) is 0. The summed E-state index contributed by atoms with van der Waals surface area (Å²) in [6, 6.07) is 9.14. The number of aromatic nitrogens is 2. The molecule has 126 valence electrons. The molecule has 1 aliphatic rings. The van der Waals surface area contributed by atoms with E-state index >= 15 is 0 Å². The maximum atomic E-state index is 12.9. The smallest absolute Gasteiger partial charge is 0.278 e. The number of nitrogens with zero attached hydrogens (tertiary/aromatic N) is 3. The molecule has 24 heavy (non-hydrogen) atoms. The van der Waals surface area contributed by atoms with Crippen molar-refractivity contribution in [3.8, 4) is 0 Å². The molecule has 0 aliphatic carbocycles. The fourth-order valence-electron chi connectivity index (χ4n) is 3.11. The Balaban J connectivity index is 1.95. The molecule has 1 aliphatic heterocycles. The summed E-state index contributed by atoms with van der Waals surface area (Å²) in [5, 5.41) is 4.29. The van der Waals surface area contributed by atoms with Gasteiger partial charge in [0.1, 0.15) is 5.69 Å². The van der Waals surface area contributed by atoms with Gasteiger partial charge < -0.3 is 4.90 Å². The van der Waals surface area contributed by atoms with Crippen molar-refractivity contribution in [2.24, 2.45) is 5.92 Å². The van der Waals surface area contributed by atoms with Crippen molar-refractivity contribution in [3.63, 3.8) is 0 Å². The normalized spacial score (nSPS) is 13.9. The maximum absolute atomic E-state index is 12.9. The van der Waals surface area contributed by atoms with Crippen LogP contribution in [0.2, 0.25) is 0 Å². The topological polar surface area (TPSA) is 55.2 Å². The zero-order chi connectivity index (χ0) is 17.3. The van der Waals surface area contributed by atoms with E-state index in [4.69, 9.17) is 0 Å². The first-order valence-corrected chi connectivity index (χ1v) is 8.45. The van der Waals surface area contributed by atoms with Crippen molar-refractivity contribution in [2.45, 2.75) is 40.2 Å². The second kappa shape index (κ2) is 6.59. The van der Waals surface area contributed by atoms with Crippen LogP contribution in [-0.4, -0.2) is 22.2 Å². The lowest BCUT2D eigenvalue weighted by Crippen LogP contribution is -2.37. The molecular formula is C19H23N3O2. The highest BCUT2D eigenvalue weighted by molar-refractivity contribution is 6.05. The Bertz CT molecular complexity index is 824. The number of hydrogen-bond acceptors (Lipinski definition) is 3. The van der Waals surface area contributed by atoms with Crippen molar-refractivity contribution >= 4 is 11.6 Å². The van der Waals surface area contributed by atoms with Gasteiger partial charge in [0.25, 0.3) is 11.5 Å². The zero-order valence-electron chi connectivity index (χ0n) is 14.5. The van der Waals surface area contributed by atoms with E-state index < -0.39 is 0 Å². The van der Waals surface area contributed by atoms with Crippen LogP contribution < -0.4 is 10.5 Å². The molecular weight excluding hydrogens is 302 g/mol. The Hall–Kier alpha value is -2.43. The van der Waals surface area contributed by atoms with Crippen molar-refractivity contribution in [1.82, 2.24) is 9.78 Å². The first-order valence-electron chi connectivity index (χ1n) is 8.45. The van der Waals surface area contributed by atoms with Gasteiger partial charge in [0.2, 0.25) is 0 Å². The molecule has 0 unspecified atom stereocenters. The Morgan fingerprint density at radius 3 is 2.79 bits per heavy atom. The van der Waals surface area contributed by atoms with E-state index in [2.05, 4.69) is 18.1 Å². The largest absolute Gasteiger partial charge is 0.307 e. The standard InChI is InChI=1S/C19H23N3O2/c1-13(2)12-22-18(23)9-7-16(20-22)19(24)21-10-4-5-15-11-14(3)6-8-17(15)21/h6-9,11,13H,4-5,10,12H2,1-3H3. The van der Waals surface area contributed by atoms with Gasteiger partial charge in [-0.2, -0.15) is 5.10 Å². The van der Waals surface area contributed by atoms with Crippen LogP contribution in [0, 0.1) is 12.8 Å². The van der Waals surface area contributed by atoms with E-state index in [1.807, 2.05) is 26.0 Å². The van der Waals surface area contributed by atoms with Crippen LogP contribution in [0.4, 0.5) is 5.69 Å². The van der Waals surface area contributed by atoms with Gasteiger partial charge >= 0.3 is 0 Å². The Morgan fingerprint density at radius 2 is 2.04 bits per heavy atom. The number of carbonyl (C=O) groups excluding carboxylic acids is 1. The third-order valence-corrected chi connectivity index (χ3v) is 4.22. The average molecular weight is 325 g/mol. The van der Waals surface area contributed by atoms with Crippen molar-refractivity contribution in [1.29, 1.82) is 0 Å². The quantitative estimate of drug-likeness (QED) is 0.872. The third kappa shape index (κ3) is 3.25. The van der Waals surface area contributed by atoms with Crippen LogP contribution in [0.3, 0.4) is 0 Å². The minimum Gasteiger partial charge on any atom is -0.307 e. The summed E-state index contributed by atoms with van der Waals surface area (Å²) in [6.45, 7) is 7.29. The molecule has 0 spiro atoms. The van der Waals surface area contributed by atoms with Gasteiger partial charge in [-0.3, -0.25) is 9.59 Å². The molecule has 2 aromatic rings. The predicted octanol–water partition coefficient (Wildman–Crippen LogP) is 2.80. The van der Waals surface area contributed by atoms with E-state index in [0.29, 0.717) is 24.7 Å². The zero-order valence-corrected chi connectivity index (χ0v) is 14.5. The molecule has 1 aromatic heterocycles. The predicted molar refractivity (Wildman–Crippen MR) is 94.5 cm³/mol. The number of rotatable bonds is 3. The fourth-order valence-corrected chi connectivity index (χ4v) is 3.11. The first kappa shape index (κ1) is 16.4.